The van der Waals surface area contributed by atoms with Gasteiger partial charge in [-0.15, -0.1) is 0 Å². The highest BCUT2D eigenvalue weighted by Crippen LogP contribution is 2.28. The Balaban J connectivity index is 1.77. The summed E-state index contributed by atoms with van der Waals surface area (Å²) in [4.78, 5) is 16.6. The van der Waals surface area contributed by atoms with Crippen LogP contribution < -0.4 is 10.4 Å². The summed E-state index contributed by atoms with van der Waals surface area (Å²) >= 11 is 0. The smallest absolute Gasteiger partial charge is 0.338 e. The monoisotopic (exact) mass is 303 g/mol. The van der Waals surface area contributed by atoms with Crippen LogP contribution in [0.25, 0.3) is 23.3 Å². The van der Waals surface area contributed by atoms with Crippen molar-refractivity contribution in [3.63, 3.8) is 0 Å². The second-order valence-corrected chi connectivity index (χ2v) is 6.89. The number of carbonyl (C=O) groups excluding carboxylic acids is 1. The van der Waals surface area contributed by atoms with E-state index in [4.69, 9.17) is 4.74 Å². The topological polar surface area (TPSA) is 38.7 Å². The second kappa shape index (κ2) is 4.66. The number of ether oxygens (including phenoxy) is 1. The molecule has 3 heteroatoms. The van der Waals surface area contributed by atoms with Gasteiger partial charge in [-0.3, -0.25) is 4.99 Å². The third-order valence-electron chi connectivity index (χ3n) is 3.95. The maximum Gasteiger partial charge on any atom is 0.338 e. The van der Waals surface area contributed by atoms with Crippen LogP contribution in [-0.2, 0) is 4.74 Å². The fourth-order valence-corrected chi connectivity index (χ4v) is 2.98. The summed E-state index contributed by atoms with van der Waals surface area (Å²) in [7, 11) is 0. The van der Waals surface area contributed by atoms with Crippen LogP contribution in [-0.4, -0.2) is 17.8 Å². The Bertz CT molecular complexity index is 992. The lowest BCUT2D eigenvalue weighted by molar-refractivity contribution is 0.00695. The number of carbonyl (C=O) groups is 1. The predicted molar refractivity (Wildman–Crippen MR) is 92.5 cm³/mol. The molecule has 0 unspecified atom stereocenters. The van der Waals surface area contributed by atoms with E-state index in [1.807, 2.05) is 51.3 Å². The average Bonchev–Trinajstić information content (AvgIpc) is 3.05. The van der Waals surface area contributed by atoms with Crippen molar-refractivity contribution in [1.82, 2.24) is 0 Å². The molecule has 0 N–H and O–H groups in total. The SMILES string of the molecule is CC(C)(C)OC(=O)c1ccc2c(c1)C=c1cc3c(cc1-2)=CC=N3. The average molecular weight is 303 g/mol. The number of esters is 1. The summed E-state index contributed by atoms with van der Waals surface area (Å²) in [5, 5.41) is 2.29. The molecule has 0 saturated carbocycles. The molecule has 0 fully saturated rings. The molecule has 0 aromatic heterocycles. The lowest BCUT2D eigenvalue weighted by atomic mass is 10.0. The molecule has 0 radical (unpaired) electrons. The number of nitrogens with zero attached hydrogens (tertiary/aromatic N) is 1. The molecule has 0 bridgehead atoms. The molecular weight excluding hydrogens is 286 g/mol. The Morgan fingerprint density at radius 1 is 1.04 bits per heavy atom. The first-order chi connectivity index (χ1) is 10.9. The Morgan fingerprint density at radius 3 is 2.65 bits per heavy atom. The molecule has 114 valence electrons. The fourth-order valence-electron chi connectivity index (χ4n) is 2.98. The summed E-state index contributed by atoms with van der Waals surface area (Å²) in [6.45, 7) is 5.62. The molecule has 0 amide bonds. The van der Waals surface area contributed by atoms with Crippen molar-refractivity contribution in [1.29, 1.82) is 0 Å². The van der Waals surface area contributed by atoms with Gasteiger partial charge in [0, 0.05) is 11.4 Å². The first-order valence-corrected chi connectivity index (χ1v) is 7.69. The van der Waals surface area contributed by atoms with Gasteiger partial charge in [0.2, 0.25) is 0 Å². The summed E-state index contributed by atoms with van der Waals surface area (Å²) in [5.41, 5.74) is 4.49. The Labute approximate surface area is 134 Å². The molecule has 1 aliphatic heterocycles. The van der Waals surface area contributed by atoms with Crippen LogP contribution in [0.3, 0.4) is 0 Å². The number of aliphatic imine (C=N–C) groups is 1. The summed E-state index contributed by atoms with van der Waals surface area (Å²) in [6, 6.07) is 9.99. The molecule has 2 aromatic rings. The van der Waals surface area contributed by atoms with Crippen molar-refractivity contribution in [2.45, 2.75) is 26.4 Å². The molecule has 3 nitrogen and oxygen atoms in total. The van der Waals surface area contributed by atoms with Crippen LogP contribution in [0.2, 0.25) is 0 Å². The van der Waals surface area contributed by atoms with Crippen molar-refractivity contribution in [2.24, 2.45) is 4.99 Å². The molecule has 0 saturated heterocycles. The van der Waals surface area contributed by atoms with Crippen molar-refractivity contribution in [3.8, 4) is 11.1 Å². The van der Waals surface area contributed by atoms with Gasteiger partial charge in [-0.1, -0.05) is 6.07 Å². The molecule has 4 rings (SSSR count). The van der Waals surface area contributed by atoms with E-state index in [-0.39, 0.29) is 5.97 Å². The summed E-state index contributed by atoms with van der Waals surface area (Å²) < 4.78 is 5.45. The Morgan fingerprint density at radius 2 is 1.87 bits per heavy atom. The molecule has 2 aromatic carbocycles. The number of fused-ring (bicyclic) bond motifs is 4. The molecule has 1 aliphatic carbocycles. The highest BCUT2D eigenvalue weighted by molar-refractivity contribution is 5.98. The number of rotatable bonds is 1. The first kappa shape index (κ1) is 13.9. The van der Waals surface area contributed by atoms with Gasteiger partial charge in [0.15, 0.2) is 0 Å². The fraction of sp³-hybridized carbons (Fsp3) is 0.200. The van der Waals surface area contributed by atoms with E-state index in [9.17, 15) is 4.79 Å². The maximum atomic E-state index is 12.2. The minimum absolute atomic E-state index is 0.287. The number of hydrogen-bond donors (Lipinski definition) is 0. The number of hydrogen-bond acceptors (Lipinski definition) is 3. The van der Waals surface area contributed by atoms with E-state index in [0.717, 1.165) is 27.3 Å². The molecule has 23 heavy (non-hydrogen) atoms. The van der Waals surface area contributed by atoms with Crippen molar-refractivity contribution >= 4 is 30.0 Å². The highest BCUT2D eigenvalue weighted by atomic mass is 16.6. The van der Waals surface area contributed by atoms with Crippen LogP contribution in [0.15, 0.2) is 35.3 Å². The molecule has 0 spiro atoms. The first-order valence-electron chi connectivity index (χ1n) is 7.69. The Kier molecular flexibility index (Phi) is 2.82. The van der Waals surface area contributed by atoms with Crippen LogP contribution in [0.4, 0.5) is 5.69 Å². The normalized spacial score (nSPS) is 13.7. The highest BCUT2D eigenvalue weighted by Gasteiger charge is 2.20. The van der Waals surface area contributed by atoms with Gasteiger partial charge >= 0.3 is 5.97 Å². The van der Waals surface area contributed by atoms with Gasteiger partial charge in [0.1, 0.15) is 5.60 Å². The zero-order valence-electron chi connectivity index (χ0n) is 13.4. The molecule has 0 atom stereocenters. The lowest BCUT2D eigenvalue weighted by Crippen LogP contribution is -2.23. The summed E-state index contributed by atoms with van der Waals surface area (Å²) in [6.07, 6.45) is 5.95. The quantitative estimate of drug-likeness (QED) is 0.648. The van der Waals surface area contributed by atoms with Gasteiger partial charge < -0.3 is 4.74 Å². The largest absolute Gasteiger partial charge is 0.456 e. The van der Waals surface area contributed by atoms with E-state index in [1.54, 1.807) is 0 Å². The van der Waals surface area contributed by atoms with E-state index in [0.29, 0.717) is 5.56 Å². The van der Waals surface area contributed by atoms with Gasteiger partial charge in [-0.2, -0.15) is 0 Å². The van der Waals surface area contributed by atoms with Gasteiger partial charge in [0.05, 0.1) is 11.3 Å². The summed E-state index contributed by atoms with van der Waals surface area (Å²) in [5.74, 6) is -0.287. The predicted octanol–water partition coefficient (Wildman–Crippen LogP) is 2.95. The van der Waals surface area contributed by atoms with E-state index < -0.39 is 5.60 Å². The zero-order chi connectivity index (χ0) is 16.2. The zero-order valence-corrected chi connectivity index (χ0v) is 13.4. The number of benzene rings is 2. The molecular formula is C20H17NO2. The van der Waals surface area contributed by atoms with Crippen LogP contribution in [0, 0.1) is 0 Å². The lowest BCUT2D eigenvalue weighted by Gasteiger charge is -2.19. The van der Waals surface area contributed by atoms with E-state index in [2.05, 4.69) is 23.2 Å². The van der Waals surface area contributed by atoms with Gasteiger partial charge in [0.25, 0.3) is 0 Å². The Hall–Kier alpha value is -2.68. The second-order valence-electron chi connectivity index (χ2n) is 6.89. The third-order valence-corrected chi connectivity index (χ3v) is 3.95. The van der Waals surface area contributed by atoms with Crippen molar-refractivity contribution in [2.75, 3.05) is 0 Å². The van der Waals surface area contributed by atoms with Gasteiger partial charge in [-0.05, 0) is 79.1 Å². The standard InChI is InChI=1S/C20H17NO2/c1-20(2,3)23-19(22)13-4-5-16-14(8-13)9-15-11-18-12(6-7-21-18)10-17(15)16/h4-11H,1-3H3. The van der Waals surface area contributed by atoms with Gasteiger partial charge in [-0.25, -0.2) is 4.79 Å². The minimum Gasteiger partial charge on any atom is -0.456 e. The van der Waals surface area contributed by atoms with Crippen LogP contribution >= 0.6 is 0 Å². The molecule has 2 aliphatic rings. The minimum atomic E-state index is -0.489. The van der Waals surface area contributed by atoms with Crippen LogP contribution in [0.5, 0.6) is 0 Å². The van der Waals surface area contributed by atoms with Crippen LogP contribution in [0.1, 0.15) is 36.7 Å². The maximum absolute atomic E-state index is 12.2. The van der Waals surface area contributed by atoms with E-state index >= 15 is 0 Å². The molecule has 1 heterocycles. The van der Waals surface area contributed by atoms with E-state index in [1.165, 1.54) is 5.56 Å². The van der Waals surface area contributed by atoms with Crippen molar-refractivity contribution < 1.29 is 9.53 Å². The van der Waals surface area contributed by atoms with Crippen molar-refractivity contribution in [3.05, 3.63) is 51.9 Å². The third kappa shape index (κ3) is 2.38.